The molecule has 0 aliphatic heterocycles. The summed E-state index contributed by atoms with van der Waals surface area (Å²) in [5.74, 6) is -0.260. The molecule has 10 heteroatoms. The van der Waals surface area contributed by atoms with Gasteiger partial charge in [-0.15, -0.1) is 12.4 Å². The molecule has 0 saturated carbocycles. The van der Waals surface area contributed by atoms with E-state index in [1.54, 1.807) is 4.90 Å². The van der Waals surface area contributed by atoms with E-state index in [0.717, 1.165) is 28.0 Å². The molecule has 1 aromatic carbocycles. The Morgan fingerprint density at radius 1 is 1.18 bits per heavy atom. The van der Waals surface area contributed by atoms with Crippen LogP contribution in [0.5, 0.6) is 0 Å². The van der Waals surface area contributed by atoms with E-state index in [-0.39, 0.29) is 23.3 Å². The fourth-order valence-electron chi connectivity index (χ4n) is 2.55. The van der Waals surface area contributed by atoms with Gasteiger partial charge >= 0.3 is 5.00 Å². The molecule has 2 heterocycles. The van der Waals surface area contributed by atoms with Crippen molar-refractivity contribution in [2.45, 2.75) is 13.3 Å². The second-order valence-corrected chi connectivity index (χ2v) is 8.38. The molecule has 28 heavy (non-hydrogen) atoms. The average molecular weight is 441 g/mol. The summed E-state index contributed by atoms with van der Waals surface area (Å²) in [7, 11) is 3.87. The van der Waals surface area contributed by atoms with E-state index in [0.29, 0.717) is 23.1 Å². The smallest absolute Gasteiger partial charge is 0.308 e. The summed E-state index contributed by atoms with van der Waals surface area (Å²) in [6.07, 6.45) is 0.936. The number of nitro groups is 1. The van der Waals surface area contributed by atoms with E-state index in [1.807, 2.05) is 31.1 Å². The summed E-state index contributed by atoms with van der Waals surface area (Å²) in [6.45, 7) is 3.22. The highest BCUT2D eigenvalue weighted by Crippen LogP contribution is 2.32. The first-order valence-corrected chi connectivity index (χ1v) is 10.1. The zero-order chi connectivity index (χ0) is 19.6. The lowest BCUT2D eigenvalue weighted by molar-refractivity contribution is -0.380. The number of aromatic nitrogens is 1. The lowest BCUT2D eigenvalue weighted by Gasteiger charge is -2.21. The monoisotopic (exact) mass is 440 g/mol. The first kappa shape index (κ1) is 22.2. The van der Waals surface area contributed by atoms with Gasteiger partial charge in [0.2, 0.25) is 0 Å². The maximum absolute atomic E-state index is 13.1. The van der Waals surface area contributed by atoms with Crippen LogP contribution in [0.15, 0.2) is 30.3 Å². The van der Waals surface area contributed by atoms with Crippen molar-refractivity contribution in [3.05, 3.63) is 50.9 Å². The lowest BCUT2D eigenvalue weighted by Crippen LogP contribution is -2.36. The molecule has 0 N–H and O–H groups in total. The third-order valence-corrected chi connectivity index (χ3v) is 6.15. The molecule has 0 saturated heterocycles. The lowest BCUT2D eigenvalue weighted by atomic mass is 10.2. The summed E-state index contributed by atoms with van der Waals surface area (Å²) in [5.41, 5.74) is 2.07. The predicted molar refractivity (Wildman–Crippen MR) is 117 cm³/mol. The number of halogens is 1. The average Bonchev–Trinajstić information content (AvgIpc) is 3.27. The highest BCUT2D eigenvalue weighted by molar-refractivity contribution is 7.22. The minimum absolute atomic E-state index is 0. The second-order valence-electron chi connectivity index (χ2n) is 6.31. The van der Waals surface area contributed by atoms with Crippen LogP contribution < -0.4 is 4.90 Å². The highest BCUT2D eigenvalue weighted by Gasteiger charge is 2.24. The van der Waals surface area contributed by atoms with Gasteiger partial charge in [0, 0.05) is 19.2 Å². The molecule has 1 amide bonds. The van der Waals surface area contributed by atoms with Gasteiger partial charge < -0.3 is 4.90 Å². The number of amides is 1. The van der Waals surface area contributed by atoms with Crippen LogP contribution in [-0.2, 0) is 6.42 Å². The number of aryl methyl sites for hydroxylation is 1. The maximum atomic E-state index is 13.1. The Balaban J connectivity index is 0.00000280. The van der Waals surface area contributed by atoms with Crippen molar-refractivity contribution >= 4 is 61.3 Å². The number of likely N-dealkylation sites (N-methyl/N-ethyl adjacent to an activating group) is 1. The van der Waals surface area contributed by atoms with E-state index in [2.05, 4.69) is 18.0 Å². The van der Waals surface area contributed by atoms with Gasteiger partial charge in [0.1, 0.15) is 0 Å². The quantitative estimate of drug-likeness (QED) is 0.400. The molecule has 0 spiro atoms. The molecule has 0 unspecified atom stereocenters. The van der Waals surface area contributed by atoms with Crippen LogP contribution >= 0.6 is 35.1 Å². The summed E-state index contributed by atoms with van der Waals surface area (Å²) < 4.78 is 1.03. The molecular formula is C18H21ClN4O3S2. The molecule has 0 atom stereocenters. The summed E-state index contributed by atoms with van der Waals surface area (Å²) in [5, 5.41) is 11.5. The van der Waals surface area contributed by atoms with Crippen LogP contribution in [0.3, 0.4) is 0 Å². The number of carbonyl (C=O) groups excluding carboxylic acids is 1. The number of fused-ring (bicyclic) bond motifs is 1. The Morgan fingerprint density at radius 3 is 2.54 bits per heavy atom. The molecule has 7 nitrogen and oxygen atoms in total. The van der Waals surface area contributed by atoms with Crippen LogP contribution in [0.4, 0.5) is 10.1 Å². The molecule has 2 aromatic heterocycles. The zero-order valence-electron chi connectivity index (χ0n) is 15.7. The number of carbonyl (C=O) groups is 1. The minimum atomic E-state index is -0.477. The fourth-order valence-corrected chi connectivity index (χ4v) is 4.37. The first-order chi connectivity index (χ1) is 12.9. The van der Waals surface area contributed by atoms with Crippen molar-refractivity contribution in [3.63, 3.8) is 0 Å². The Kier molecular flexibility index (Phi) is 7.48. The van der Waals surface area contributed by atoms with Crippen molar-refractivity contribution in [1.29, 1.82) is 0 Å². The molecule has 0 aliphatic carbocycles. The molecule has 0 bridgehead atoms. The van der Waals surface area contributed by atoms with Crippen molar-refractivity contribution < 1.29 is 9.72 Å². The number of rotatable bonds is 7. The summed E-state index contributed by atoms with van der Waals surface area (Å²) in [6, 6.07) is 8.99. The molecule has 0 fully saturated rings. The van der Waals surface area contributed by atoms with Gasteiger partial charge in [0.05, 0.1) is 20.0 Å². The van der Waals surface area contributed by atoms with E-state index >= 15 is 0 Å². The summed E-state index contributed by atoms with van der Waals surface area (Å²) >= 11 is 2.36. The van der Waals surface area contributed by atoms with Crippen molar-refractivity contribution in [2.24, 2.45) is 0 Å². The van der Waals surface area contributed by atoms with Crippen LogP contribution in [0, 0.1) is 10.1 Å². The van der Waals surface area contributed by atoms with Crippen molar-refractivity contribution in [3.8, 4) is 0 Å². The van der Waals surface area contributed by atoms with Crippen LogP contribution in [0.1, 0.15) is 22.2 Å². The Labute approximate surface area is 177 Å². The van der Waals surface area contributed by atoms with E-state index < -0.39 is 4.92 Å². The molecular weight excluding hydrogens is 420 g/mol. The highest BCUT2D eigenvalue weighted by atomic mass is 35.5. The van der Waals surface area contributed by atoms with Gasteiger partial charge in [-0.25, -0.2) is 4.98 Å². The van der Waals surface area contributed by atoms with Gasteiger partial charge in [-0.05, 0) is 44.3 Å². The standard InChI is InChI=1S/C18H20N4O3S2.ClH/c1-4-12-5-6-13-15(11-12)27-18(19-13)21(10-9-20(2)3)17(23)14-7-8-16(26-14)22(24)25;/h5-8,11H,4,9-10H2,1-3H3;1H. The SMILES string of the molecule is CCc1ccc2nc(N(CCN(C)C)C(=O)c3ccc([N+](=O)[O-])s3)sc2c1.Cl. The zero-order valence-corrected chi connectivity index (χ0v) is 18.2. The van der Waals surface area contributed by atoms with Crippen LogP contribution in [0.2, 0.25) is 0 Å². The Hall–Kier alpha value is -2.07. The number of thiophene rings is 1. The molecule has 150 valence electrons. The topological polar surface area (TPSA) is 79.6 Å². The van der Waals surface area contributed by atoms with Crippen molar-refractivity contribution in [1.82, 2.24) is 9.88 Å². The Morgan fingerprint density at radius 2 is 1.93 bits per heavy atom. The van der Waals surface area contributed by atoms with Gasteiger partial charge in [-0.1, -0.05) is 35.7 Å². The van der Waals surface area contributed by atoms with Gasteiger partial charge in [-0.3, -0.25) is 19.8 Å². The summed E-state index contributed by atoms with van der Waals surface area (Å²) in [4.78, 5) is 32.1. The number of hydrogen-bond donors (Lipinski definition) is 0. The second kappa shape index (κ2) is 9.42. The van der Waals surface area contributed by atoms with Crippen LogP contribution in [0.25, 0.3) is 10.2 Å². The number of thiazole rings is 1. The van der Waals surface area contributed by atoms with E-state index in [9.17, 15) is 14.9 Å². The van der Waals surface area contributed by atoms with Gasteiger partial charge in [0.25, 0.3) is 5.91 Å². The van der Waals surface area contributed by atoms with Gasteiger partial charge in [-0.2, -0.15) is 0 Å². The molecule has 0 aliphatic rings. The number of nitrogens with zero attached hydrogens (tertiary/aromatic N) is 4. The minimum Gasteiger partial charge on any atom is -0.308 e. The fraction of sp³-hybridized carbons (Fsp3) is 0.333. The molecule has 3 aromatic rings. The normalized spacial score (nSPS) is 10.9. The Bertz CT molecular complexity index is 986. The van der Waals surface area contributed by atoms with Crippen LogP contribution in [-0.4, -0.2) is 47.9 Å². The molecule has 0 radical (unpaired) electrons. The van der Waals surface area contributed by atoms with E-state index in [1.165, 1.54) is 29.0 Å². The third-order valence-electron chi connectivity index (χ3n) is 4.08. The van der Waals surface area contributed by atoms with Crippen molar-refractivity contribution in [2.75, 3.05) is 32.1 Å². The predicted octanol–water partition coefficient (Wildman–Crippen LogP) is 4.46. The van der Waals surface area contributed by atoms with Gasteiger partial charge in [0.15, 0.2) is 5.13 Å². The molecule has 3 rings (SSSR count). The maximum Gasteiger partial charge on any atom is 0.324 e. The number of benzene rings is 1. The van der Waals surface area contributed by atoms with E-state index in [4.69, 9.17) is 0 Å². The third kappa shape index (κ3) is 4.85. The largest absolute Gasteiger partial charge is 0.324 e. The first-order valence-electron chi connectivity index (χ1n) is 8.49. The number of anilines is 1. The number of hydrogen-bond acceptors (Lipinski definition) is 7.